The molecule has 12 nitrogen and oxygen atoms in total. The number of carbonyl (C=O) groups excluding carboxylic acids is 2. The van der Waals surface area contributed by atoms with Crippen molar-refractivity contribution in [2.75, 3.05) is 30.8 Å². The Labute approximate surface area is 203 Å². The highest BCUT2D eigenvalue weighted by molar-refractivity contribution is 6.60. The second-order valence-corrected chi connectivity index (χ2v) is 7.55. The minimum atomic E-state index is -5.08. The number of halogens is 3. The van der Waals surface area contributed by atoms with Crippen LogP contribution in [0.1, 0.15) is 27.1 Å². The summed E-state index contributed by atoms with van der Waals surface area (Å²) in [5.74, 6) is -2.13. The number of hydrogen-bond donors (Lipinski definition) is 5. The number of alkyl halides is 3. The van der Waals surface area contributed by atoms with E-state index in [2.05, 4.69) is 15.3 Å². The molecule has 1 aromatic carbocycles. The number of benzene rings is 1. The van der Waals surface area contributed by atoms with E-state index < -0.39 is 19.3 Å². The van der Waals surface area contributed by atoms with Gasteiger partial charge in [-0.15, -0.1) is 0 Å². The van der Waals surface area contributed by atoms with Gasteiger partial charge in [-0.2, -0.15) is 13.2 Å². The third-order valence-corrected chi connectivity index (χ3v) is 5.17. The fourth-order valence-corrected chi connectivity index (χ4v) is 3.40. The Bertz CT molecular complexity index is 1090. The van der Waals surface area contributed by atoms with Gasteiger partial charge in [-0.25, -0.2) is 14.8 Å². The van der Waals surface area contributed by atoms with Crippen LogP contribution in [0.4, 0.5) is 24.8 Å². The molecule has 16 heteroatoms. The van der Waals surface area contributed by atoms with Gasteiger partial charge in [0.1, 0.15) is 24.2 Å². The largest absolute Gasteiger partial charge is 0.490 e. The Morgan fingerprint density at radius 2 is 1.97 bits per heavy atom. The van der Waals surface area contributed by atoms with Gasteiger partial charge in [0.25, 0.3) is 5.91 Å². The van der Waals surface area contributed by atoms with Crippen LogP contribution in [-0.2, 0) is 9.53 Å². The average Bonchev–Trinajstić information content (AvgIpc) is 3.25. The van der Waals surface area contributed by atoms with Crippen molar-refractivity contribution in [3.63, 3.8) is 0 Å². The Balaban J connectivity index is 0.000000572. The lowest BCUT2D eigenvalue weighted by Crippen LogP contribution is -2.41. The van der Waals surface area contributed by atoms with Crippen LogP contribution in [0.5, 0.6) is 0 Å². The van der Waals surface area contributed by atoms with E-state index in [9.17, 15) is 32.8 Å². The first-order valence-electron chi connectivity index (χ1n) is 10.3. The summed E-state index contributed by atoms with van der Waals surface area (Å²) in [5, 5.41) is 28.5. The van der Waals surface area contributed by atoms with E-state index in [0.29, 0.717) is 37.4 Å². The van der Waals surface area contributed by atoms with E-state index in [-0.39, 0.29) is 34.6 Å². The first-order valence-corrected chi connectivity index (χ1v) is 10.3. The molecule has 0 radical (unpaired) electrons. The Kier molecular flexibility index (Phi) is 9.72. The molecule has 1 aliphatic rings. The zero-order chi connectivity index (χ0) is 27.0. The Morgan fingerprint density at radius 1 is 1.31 bits per heavy atom. The van der Waals surface area contributed by atoms with Gasteiger partial charge in [0, 0.05) is 37.4 Å². The van der Waals surface area contributed by atoms with E-state index in [1.165, 1.54) is 24.5 Å². The van der Waals surface area contributed by atoms with Crippen molar-refractivity contribution >= 4 is 42.4 Å². The molecule has 3 rings (SSSR count). The summed E-state index contributed by atoms with van der Waals surface area (Å²) in [6.07, 6.45) is -2.54. The van der Waals surface area contributed by atoms with Crippen LogP contribution in [-0.4, -0.2) is 88.9 Å². The van der Waals surface area contributed by atoms with Crippen LogP contribution in [0, 0.1) is 0 Å². The molecular formula is C20H23BF3N5O7. The third-order valence-electron chi connectivity index (χ3n) is 5.17. The van der Waals surface area contributed by atoms with Gasteiger partial charge < -0.3 is 35.8 Å². The molecule has 1 saturated heterocycles. The van der Waals surface area contributed by atoms with Crippen LogP contribution >= 0.6 is 0 Å². The van der Waals surface area contributed by atoms with Gasteiger partial charge in [-0.3, -0.25) is 9.59 Å². The molecule has 6 N–H and O–H groups in total. The maximum Gasteiger partial charge on any atom is 0.490 e. The van der Waals surface area contributed by atoms with Crippen LogP contribution in [0.25, 0.3) is 0 Å². The van der Waals surface area contributed by atoms with Crippen LogP contribution in [0.2, 0.25) is 0 Å². The van der Waals surface area contributed by atoms with E-state index in [0.717, 1.165) is 0 Å². The Morgan fingerprint density at radius 3 is 2.50 bits per heavy atom. The molecule has 2 heterocycles. The van der Waals surface area contributed by atoms with Crippen LogP contribution in [0.3, 0.4) is 0 Å². The van der Waals surface area contributed by atoms with Crippen molar-refractivity contribution < 1.29 is 47.4 Å². The van der Waals surface area contributed by atoms with E-state index in [1.54, 1.807) is 13.2 Å². The molecule has 194 valence electrons. The first-order chi connectivity index (χ1) is 16.9. The smallest absolute Gasteiger partial charge is 0.475 e. The zero-order valence-electron chi connectivity index (χ0n) is 18.8. The fourth-order valence-electron chi connectivity index (χ4n) is 3.40. The Hall–Kier alpha value is -3.76. The van der Waals surface area contributed by atoms with Crippen molar-refractivity contribution in [2.45, 2.75) is 24.7 Å². The van der Waals surface area contributed by atoms with Crippen molar-refractivity contribution in [3.8, 4) is 0 Å². The van der Waals surface area contributed by atoms with E-state index in [1.807, 2.05) is 4.90 Å². The van der Waals surface area contributed by atoms with Gasteiger partial charge in [-0.05, 0) is 24.0 Å². The number of amides is 1. The summed E-state index contributed by atoms with van der Waals surface area (Å²) in [4.78, 5) is 42.8. The normalized spacial score (nSPS) is 17.1. The fraction of sp³-hybridized carbons (Fsp3) is 0.350. The molecule has 2 atom stereocenters. The summed E-state index contributed by atoms with van der Waals surface area (Å²) in [6.45, 7) is 0.926. The monoisotopic (exact) mass is 513 g/mol. The van der Waals surface area contributed by atoms with Crippen LogP contribution in [0.15, 0.2) is 30.6 Å². The molecule has 2 aromatic rings. The minimum absolute atomic E-state index is 0.0138. The second kappa shape index (κ2) is 12.3. The highest BCUT2D eigenvalue weighted by atomic mass is 19.4. The minimum Gasteiger partial charge on any atom is -0.475 e. The maximum absolute atomic E-state index is 12.6. The number of rotatable bonds is 7. The molecule has 0 spiro atoms. The van der Waals surface area contributed by atoms with Crippen LogP contribution < -0.4 is 21.4 Å². The molecule has 1 aliphatic heterocycles. The number of aromatic nitrogens is 2. The van der Waals surface area contributed by atoms with E-state index in [4.69, 9.17) is 20.4 Å². The molecule has 1 fully saturated rings. The van der Waals surface area contributed by atoms with Crippen molar-refractivity contribution in [1.82, 2.24) is 15.3 Å². The maximum atomic E-state index is 12.6. The number of nitrogens with one attached hydrogen (secondary N) is 1. The average molecular weight is 513 g/mol. The molecule has 1 amide bonds. The topological polar surface area (TPSA) is 188 Å². The number of anilines is 2. The number of ether oxygens (including phenoxy) is 1. The van der Waals surface area contributed by atoms with E-state index >= 15 is 0 Å². The molecular weight excluding hydrogens is 490 g/mol. The predicted molar refractivity (Wildman–Crippen MR) is 121 cm³/mol. The first kappa shape index (κ1) is 28.5. The summed E-state index contributed by atoms with van der Waals surface area (Å²) < 4.78 is 37.2. The number of nitrogen functional groups attached to an aromatic ring is 1. The summed E-state index contributed by atoms with van der Waals surface area (Å²) in [5.41, 5.74) is 6.09. The number of aldehydes is 1. The number of aliphatic carboxylic acids is 1. The quantitative estimate of drug-likeness (QED) is 0.231. The van der Waals surface area contributed by atoms with Gasteiger partial charge in [0.05, 0.1) is 12.1 Å². The number of carbonyl (C=O) groups is 3. The van der Waals surface area contributed by atoms with Gasteiger partial charge >= 0.3 is 19.3 Å². The standard InChI is InChI=1S/C18H22BN5O5.C2HF3O2/c1-29-14-5-13(24(8-14)17-6-16(20)22-10-23-17)7-21-18(26)11-2-3-15(19(27)28)12(4-11)9-25;3-2(4,5)1(6)7/h2-4,6,9-10,13-14,27-28H,5,7-8H2,1H3,(H,21,26)(H2,20,22,23);(H,6,7)/t13-,14-;/m1./s1. The lowest BCUT2D eigenvalue weighted by Gasteiger charge is -2.25. The summed E-state index contributed by atoms with van der Waals surface area (Å²) >= 11 is 0. The lowest BCUT2D eigenvalue weighted by atomic mass is 9.77. The third kappa shape index (κ3) is 7.62. The SMILES string of the molecule is CO[C@@H]1C[C@H](CNC(=O)c2ccc(B(O)O)c(C=O)c2)N(c2cc(N)ncn2)C1.O=C(O)C(F)(F)F. The number of nitrogens with zero attached hydrogens (tertiary/aromatic N) is 3. The number of nitrogens with two attached hydrogens (primary N) is 1. The molecule has 0 saturated carbocycles. The number of methoxy groups -OCH3 is 1. The van der Waals surface area contributed by atoms with Crippen molar-refractivity contribution in [1.29, 1.82) is 0 Å². The highest BCUT2D eigenvalue weighted by Crippen LogP contribution is 2.25. The number of carboxylic acid groups (broad SMARTS) is 1. The highest BCUT2D eigenvalue weighted by Gasteiger charge is 2.38. The molecule has 36 heavy (non-hydrogen) atoms. The zero-order valence-corrected chi connectivity index (χ0v) is 18.8. The molecule has 1 aromatic heterocycles. The number of carboxylic acids is 1. The van der Waals surface area contributed by atoms with Crippen molar-refractivity contribution in [3.05, 3.63) is 41.7 Å². The predicted octanol–water partition coefficient (Wildman–Crippen LogP) is -0.792. The lowest BCUT2D eigenvalue weighted by molar-refractivity contribution is -0.192. The summed E-state index contributed by atoms with van der Waals surface area (Å²) in [7, 11) is -0.151. The summed E-state index contributed by atoms with van der Waals surface area (Å²) in [6, 6.07) is 5.71. The van der Waals surface area contributed by atoms with Gasteiger partial charge in [-0.1, -0.05) is 6.07 Å². The second-order valence-electron chi connectivity index (χ2n) is 7.55. The number of hydrogen-bond acceptors (Lipinski definition) is 10. The van der Waals surface area contributed by atoms with Crippen molar-refractivity contribution in [2.24, 2.45) is 0 Å². The van der Waals surface area contributed by atoms with Gasteiger partial charge in [0.15, 0.2) is 0 Å². The molecule has 0 aliphatic carbocycles. The molecule has 0 unspecified atom stereocenters. The molecule has 0 bridgehead atoms. The van der Waals surface area contributed by atoms with Gasteiger partial charge in [0.2, 0.25) is 0 Å².